The van der Waals surface area contributed by atoms with Gasteiger partial charge < -0.3 is 19.0 Å². The average Bonchev–Trinajstić information content (AvgIpc) is 3.70. The van der Waals surface area contributed by atoms with Crippen LogP contribution in [0.2, 0.25) is 0 Å². The quantitative estimate of drug-likeness (QED) is 0.263. The van der Waals surface area contributed by atoms with Crippen LogP contribution < -0.4 is 5.46 Å². The van der Waals surface area contributed by atoms with Gasteiger partial charge in [-0.1, -0.05) is 30.3 Å². The lowest BCUT2D eigenvalue weighted by molar-refractivity contribution is 0.00578. The normalized spacial score (nSPS) is 25.1. The molecule has 2 aliphatic heterocycles. The summed E-state index contributed by atoms with van der Waals surface area (Å²) in [6.07, 6.45) is 4.85. The second kappa shape index (κ2) is 9.06. The third-order valence-electron chi connectivity index (χ3n) is 9.38. The highest BCUT2D eigenvalue weighted by atomic mass is 32.1. The number of carbonyl (C=O) groups is 1. The van der Waals surface area contributed by atoms with E-state index in [9.17, 15) is 4.79 Å². The van der Waals surface area contributed by atoms with Crippen molar-refractivity contribution in [1.82, 2.24) is 14.9 Å². The summed E-state index contributed by atoms with van der Waals surface area (Å²) < 4.78 is 19.6. The number of hydrogen-bond donors (Lipinski definition) is 1. The van der Waals surface area contributed by atoms with Crippen LogP contribution in [0.1, 0.15) is 79.6 Å². The van der Waals surface area contributed by atoms with Gasteiger partial charge in [0.1, 0.15) is 11.4 Å². The zero-order valence-electron chi connectivity index (χ0n) is 24.9. The summed E-state index contributed by atoms with van der Waals surface area (Å²) in [6, 6.07) is 13.2. The number of piperidine rings is 1. The zero-order valence-corrected chi connectivity index (χ0v) is 25.7. The second-order valence-corrected chi connectivity index (χ2v) is 15.0. The number of likely N-dealkylation sites (tertiary alicyclic amines) is 1. The highest BCUT2D eigenvalue weighted by Gasteiger charge is 2.52. The molecular formula is C32H38BN3O4S. The van der Waals surface area contributed by atoms with E-state index in [1.807, 2.05) is 31.9 Å². The number of aromatic nitrogens is 2. The van der Waals surface area contributed by atoms with Crippen molar-refractivity contribution in [3.63, 3.8) is 0 Å². The molecule has 4 heterocycles. The predicted molar refractivity (Wildman–Crippen MR) is 165 cm³/mol. The second-order valence-electron chi connectivity index (χ2n) is 13.9. The number of benzene rings is 2. The number of amides is 1. The lowest BCUT2D eigenvalue weighted by Gasteiger charge is -2.35. The van der Waals surface area contributed by atoms with Gasteiger partial charge in [-0.05, 0) is 101 Å². The maximum atomic E-state index is 13.2. The summed E-state index contributed by atoms with van der Waals surface area (Å²) in [7, 11) is -0.381. The number of thiophene rings is 1. The largest absolute Gasteiger partial charge is 0.494 e. The number of fused-ring (bicyclic) bond motifs is 5. The van der Waals surface area contributed by atoms with Gasteiger partial charge in [0.15, 0.2) is 0 Å². The fourth-order valence-corrected chi connectivity index (χ4v) is 7.79. The van der Waals surface area contributed by atoms with E-state index in [4.69, 9.17) is 19.0 Å². The Bertz CT molecular complexity index is 1650. The molecule has 0 radical (unpaired) electrons. The third kappa shape index (κ3) is 4.48. The molecule has 0 spiro atoms. The number of carbonyl (C=O) groups excluding carboxylic acids is 1. The molecule has 7 rings (SSSR count). The minimum absolute atomic E-state index is 0.0686. The first-order valence-electron chi connectivity index (χ1n) is 14.7. The summed E-state index contributed by atoms with van der Waals surface area (Å²) in [6.45, 7) is 14.1. The predicted octanol–water partition coefficient (Wildman–Crippen LogP) is 7.20. The molecule has 1 aliphatic carbocycles. The maximum Gasteiger partial charge on any atom is 0.494 e. The number of nitrogens with zero attached hydrogens (tertiary/aromatic N) is 2. The number of hydrogen-bond acceptors (Lipinski definition) is 6. The molecule has 1 saturated carbocycles. The average molecular weight is 572 g/mol. The first-order valence-corrected chi connectivity index (χ1v) is 15.5. The number of rotatable bonds is 3. The van der Waals surface area contributed by atoms with Gasteiger partial charge in [-0.25, -0.2) is 9.78 Å². The number of nitrogens with one attached hydrogen (secondary N) is 1. The molecule has 4 aromatic rings. The topological polar surface area (TPSA) is 76.7 Å². The van der Waals surface area contributed by atoms with Crippen molar-refractivity contribution in [1.29, 1.82) is 0 Å². The molecule has 3 atom stereocenters. The molecule has 41 heavy (non-hydrogen) atoms. The molecule has 214 valence electrons. The molecule has 1 amide bonds. The van der Waals surface area contributed by atoms with Gasteiger partial charge in [-0.2, -0.15) is 0 Å². The first-order chi connectivity index (χ1) is 19.3. The summed E-state index contributed by atoms with van der Waals surface area (Å²) in [5.74, 6) is 1.27. The highest BCUT2D eigenvalue weighted by molar-refractivity contribution is 7.23. The molecule has 9 heteroatoms. The molecule has 3 unspecified atom stereocenters. The molecular weight excluding hydrogens is 533 g/mol. The zero-order chi connectivity index (χ0) is 28.9. The maximum absolute atomic E-state index is 13.2. The van der Waals surface area contributed by atoms with Gasteiger partial charge >= 0.3 is 13.2 Å². The van der Waals surface area contributed by atoms with Crippen molar-refractivity contribution < 1.29 is 18.8 Å². The Morgan fingerprint density at radius 3 is 2.54 bits per heavy atom. The molecule has 7 nitrogen and oxygen atoms in total. The molecule has 2 aromatic heterocycles. The molecule has 2 bridgehead atoms. The van der Waals surface area contributed by atoms with Crippen LogP contribution in [0, 0.1) is 5.92 Å². The molecule has 2 aromatic carbocycles. The van der Waals surface area contributed by atoms with Crippen molar-refractivity contribution in [3.8, 4) is 10.6 Å². The van der Waals surface area contributed by atoms with Crippen molar-refractivity contribution in [2.45, 2.75) is 96.6 Å². The highest BCUT2D eigenvalue weighted by Crippen LogP contribution is 2.50. The van der Waals surface area contributed by atoms with E-state index in [1.165, 1.54) is 20.9 Å². The Kier molecular flexibility index (Phi) is 5.96. The van der Waals surface area contributed by atoms with Crippen LogP contribution in [0.5, 0.6) is 0 Å². The molecule has 3 fully saturated rings. The fraction of sp³-hybridized carbons (Fsp3) is 0.500. The van der Waals surface area contributed by atoms with Crippen molar-refractivity contribution in [2.24, 2.45) is 5.92 Å². The Hall–Kier alpha value is -2.88. The molecule has 3 aliphatic rings. The van der Waals surface area contributed by atoms with Crippen LogP contribution in [0.15, 0.2) is 42.6 Å². The van der Waals surface area contributed by atoms with Crippen LogP contribution in [0.25, 0.3) is 31.4 Å². The van der Waals surface area contributed by atoms with Crippen molar-refractivity contribution in [3.05, 3.63) is 48.4 Å². The monoisotopic (exact) mass is 571 g/mol. The number of aromatic amines is 1. The summed E-state index contributed by atoms with van der Waals surface area (Å²) in [4.78, 5) is 24.6. The van der Waals surface area contributed by atoms with Crippen LogP contribution in [-0.4, -0.2) is 50.9 Å². The minimum atomic E-state index is -0.525. The first kappa shape index (κ1) is 27.0. The van der Waals surface area contributed by atoms with E-state index in [2.05, 4.69) is 69.1 Å². The smallest absolute Gasteiger partial charge is 0.444 e. The number of H-pyrrole nitrogens is 1. The summed E-state index contributed by atoms with van der Waals surface area (Å²) in [5.41, 5.74) is 0.748. The van der Waals surface area contributed by atoms with Gasteiger partial charge in [0.05, 0.1) is 34.0 Å². The summed E-state index contributed by atoms with van der Waals surface area (Å²) >= 11 is 1.76. The van der Waals surface area contributed by atoms with E-state index in [-0.39, 0.29) is 36.5 Å². The fourth-order valence-electron chi connectivity index (χ4n) is 6.63. The Labute approximate surface area is 245 Å². The number of ether oxygens (including phenoxy) is 1. The lowest BCUT2D eigenvalue weighted by atomic mass is 9.78. The van der Waals surface area contributed by atoms with E-state index in [0.29, 0.717) is 5.92 Å². The Balaban J connectivity index is 1.18. The Morgan fingerprint density at radius 2 is 1.80 bits per heavy atom. The van der Waals surface area contributed by atoms with E-state index < -0.39 is 5.60 Å². The van der Waals surface area contributed by atoms with E-state index in [0.717, 1.165) is 41.1 Å². The molecule has 1 N–H and O–H groups in total. The molecule has 2 saturated heterocycles. The van der Waals surface area contributed by atoms with E-state index >= 15 is 0 Å². The standard InChI is InChI=1S/C32H38BN3O4S/c1-30(2,3)38-29(37)36-22-12-10-19(15-22)26(36)28-34-17-24(35-28)25-16-20-9-8-18-14-21(11-13-23(18)27(20)41-25)33-39-31(4,5)32(6,7)40-33/h8-9,11,13-14,16-17,19,22,26H,10,12,15H2,1-7H3,(H,34,35). The lowest BCUT2D eigenvalue weighted by Crippen LogP contribution is -2.43. The Morgan fingerprint density at radius 1 is 1.07 bits per heavy atom. The SMILES string of the molecule is CC(C)(C)OC(=O)N1C2CCC(C2)C1c1ncc(-c2cc3ccc4cc(B5OC(C)(C)C(C)(C)O5)ccc4c3s2)[nH]1. The van der Waals surface area contributed by atoms with Crippen LogP contribution >= 0.6 is 11.3 Å². The minimum Gasteiger partial charge on any atom is -0.444 e. The van der Waals surface area contributed by atoms with Gasteiger partial charge in [0, 0.05) is 10.7 Å². The van der Waals surface area contributed by atoms with Crippen LogP contribution in [-0.2, 0) is 14.0 Å². The van der Waals surface area contributed by atoms with Gasteiger partial charge in [-0.3, -0.25) is 4.90 Å². The van der Waals surface area contributed by atoms with Crippen LogP contribution in [0.3, 0.4) is 0 Å². The van der Waals surface area contributed by atoms with Gasteiger partial charge in [-0.15, -0.1) is 11.3 Å². The van der Waals surface area contributed by atoms with Gasteiger partial charge in [0.2, 0.25) is 0 Å². The third-order valence-corrected chi connectivity index (χ3v) is 10.6. The van der Waals surface area contributed by atoms with Gasteiger partial charge in [0.25, 0.3) is 0 Å². The van der Waals surface area contributed by atoms with Crippen molar-refractivity contribution >= 4 is 50.9 Å². The van der Waals surface area contributed by atoms with E-state index in [1.54, 1.807) is 11.3 Å². The van der Waals surface area contributed by atoms with Crippen molar-refractivity contribution in [2.75, 3.05) is 0 Å². The summed E-state index contributed by atoms with van der Waals surface area (Å²) in [5, 5.41) is 3.58. The number of imidazole rings is 1. The van der Waals surface area contributed by atoms with Crippen LogP contribution in [0.4, 0.5) is 4.79 Å².